The van der Waals surface area contributed by atoms with Crippen LogP contribution in [0.2, 0.25) is 0 Å². The van der Waals surface area contributed by atoms with E-state index in [0.29, 0.717) is 23.9 Å². The van der Waals surface area contributed by atoms with Crippen LogP contribution in [0.25, 0.3) is 0 Å². The maximum absolute atomic E-state index is 13.2. The fourth-order valence-electron chi connectivity index (χ4n) is 4.03. The lowest BCUT2D eigenvalue weighted by molar-refractivity contribution is -0.131. The van der Waals surface area contributed by atoms with Gasteiger partial charge in [0.15, 0.2) is 5.76 Å². The molecule has 1 amide bonds. The number of ketones is 1. The number of aliphatic hydroxyl groups is 1. The first-order chi connectivity index (χ1) is 14.0. The van der Waals surface area contributed by atoms with Crippen LogP contribution in [0.4, 0.5) is 0 Å². The number of aliphatic hydroxyl groups excluding tert-OH is 1. The molecule has 0 saturated carbocycles. The lowest BCUT2D eigenvalue weighted by Crippen LogP contribution is -2.37. The Balaban J connectivity index is 1.74. The number of hydrogen-bond acceptors (Lipinski definition) is 5. The second-order valence-electron chi connectivity index (χ2n) is 7.89. The molecule has 1 saturated heterocycles. The molecular weight excluding hydrogens is 386 g/mol. The first-order valence-corrected chi connectivity index (χ1v) is 10.9. The number of carbonyl (C=O) groups excluding carboxylic acids is 2. The number of Topliss-reactive ketones (excluding diaryl/α,β-unsaturated/α-hetero) is 1. The Bertz CT molecular complexity index is 924. The van der Waals surface area contributed by atoms with E-state index in [1.807, 2.05) is 29.6 Å². The Morgan fingerprint density at radius 3 is 2.62 bits per heavy atom. The van der Waals surface area contributed by atoms with E-state index in [1.54, 1.807) is 17.0 Å². The highest BCUT2D eigenvalue weighted by molar-refractivity contribution is 7.12. The van der Waals surface area contributed by atoms with Crippen LogP contribution in [0.3, 0.4) is 0 Å². The second-order valence-corrected chi connectivity index (χ2v) is 8.83. The minimum atomic E-state index is -0.609. The normalized spacial score (nSPS) is 22.2. The van der Waals surface area contributed by atoms with Gasteiger partial charge in [-0.05, 0) is 41.3 Å². The molecule has 0 aliphatic carbocycles. The van der Waals surface area contributed by atoms with Crippen LogP contribution in [0.15, 0.2) is 53.1 Å². The molecule has 5 nitrogen and oxygen atoms in total. The number of hydrogen-bond donors (Lipinski definition) is 1. The van der Waals surface area contributed by atoms with Crippen molar-refractivity contribution in [3.8, 4) is 0 Å². The third-order valence-electron chi connectivity index (χ3n) is 5.64. The highest BCUT2D eigenvalue weighted by atomic mass is 32.1. The quantitative estimate of drug-likeness (QED) is 0.704. The molecule has 2 aliphatic rings. The summed E-state index contributed by atoms with van der Waals surface area (Å²) in [5.74, 6) is -0.857. The van der Waals surface area contributed by atoms with Crippen molar-refractivity contribution in [1.29, 1.82) is 0 Å². The molecule has 1 aromatic carbocycles. The second kappa shape index (κ2) is 8.13. The van der Waals surface area contributed by atoms with Crippen molar-refractivity contribution in [1.82, 2.24) is 4.90 Å². The molecule has 3 heterocycles. The highest BCUT2D eigenvalue weighted by Crippen LogP contribution is 2.40. The van der Waals surface area contributed by atoms with Gasteiger partial charge in [0.25, 0.3) is 5.91 Å². The van der Waals surface area contributed by atoms with Crippen molar-refractivity contribution < 1.29 is 19.4 Å². The predicted octanol–water partition coefficient (Wildman–Crippen LogP) is 4.63. The summed E-state index contributed by atoms with van der Waals surface area (Å²) in [6.07, 6.45) is 1.76. The van der Waals surface area contributed by atoms with Gasteiger partial charge in [-0.1, -0.05) is 44.2 Å². The summed E-state index contributed by atoms with van der Waals surface area (Å²) < 4.78 is 5.72. The third kappa shape index (κ3) is 3.74. The van der Waals surface area contributed by atoms with Gasteiger partial charge in [-0.2, -0.15) is 0 Å². The molecule has 152 valence electrons. The number of benzene rings is 1. The summed E-state index contributed by atoms with van der Waals surface area (Å²) in [7, 11) is 0. The molecule has 1 aromatic heterocycles. The van der Waals surface area contributed by atoms with Crippen molar-refractivity contribution in [2.24, 2.45) is 0 Å². The summed E-state index contributed by atoms with van der Waals surface area (Å²) in [6.45, 7) is 5.28. The first-order valence-electron chi connectivity index (χ1n) is 10.0. The fraction of sp³-hybridized carbons (Fsp3) is 0.391. The monoisotopic (exact) mass is 411 g/mol. The highest BCUT2D eigenvalue weighted by Gasteiger charge is 2.45. The van der Waals surface area contributed by atoms with Crippen molar-refractivity contribution >= 4 is 23.0 Å². The lowest BCUT2D eigenvalue weighted by atomic mass is 9.93. The van der Waals surface area contributed by atoms with Crippen molar-refractivity contribution in [3.05, 3.63) is 69.1 Å². The van der Waals surface area contributed by atoms with Gasteiger partial charge in [-0.15, -0.1) is 11.3 Å². The van der Waals surface area contributed by atoms with Gasteiger partial charge in [0, 0.05) is 13.2 Å². The summed E-state index contributed by atoms with van der Waals surface area (Å²) in [5, 5.41) is 12.5. The van der Waals surface area contributed by atoms with Gasteiger partial charge in [0.1, 0.15) is 0 Å². The topological polar surface area (TPSA) is 66.8 Å². The first kappa shape index (κ1) is 19.9. The van der Waals surface area contributed by atoms with E-state index in [0.717, 1.165) is 18.4 Å². The van der Waals surface area contributed by atoms with Gasteiger partial charge in [0.2, 0.25) is 5.78 Å². The van der Waals surface area contributed by atoms with E-state index in [9.17, 15) is 14.7 Å². The molecule has 2 aliphatic heterocycles. The van der Waals surface area contributed by atoms with E-state index >= 15 is 0 Å². The summed E-state index contributed by atoms with van der Waals surface area (Å²) in [5.41, 5.74) is 2.17. The van der Waals surface area contributed by atoms with Crippen LogP contribution >= 0.6 is 11.3 Å². The van der Waals surface area contributed by atoms with E-state index in [-0.39, 0.29) is 17.5 Å². The fourth-order valence-corrected chi connectivity index (χ4v) is 4.71. The number of amides is 1. The third-order valence-corrected chi connectivity index (χ3v) is 6.51. The Morgan fingerprint density at radius 2 is 2.03 bits per heavy atom. The Hall–Kier alpha value is -2.44. The molecule has 2 aromatic rings. The predicted molar refractivity (Wildman–Crippen MR) is 112 cm³/mol. The Kier molecular flexibility index (Phi) is 5.56. The van der Waals surface area contributed by atoms with Gasteiger partial charge >= 0.3 is 0 Å². The van der Waals surface area contributed by atoms with Gasteiger partial charge in [0.05, 0.1) is 22.6 Å². The maximum Gasteiger partial charge on any atom is 0.290 e. The zero-order chi connectivity index (χ0) is 20.5. The molecule has 1 N–H and O–H groups in total. The lowest BCUT2D eigenvalue weighted by Gasteiger charge is -2.29. The van der Waals surface area contributed by atoms with Gasteiger partial charge in [-0.3, -0.25) is 9.59 Å². The van der Waals surface area contributed by atoms with Crippen LogP contribution in [-0.4, -0.2) is 41.0 Å². The number of thiophene rings is 1. The van der Waals surface area contributed by atoms with E-state index in [4.69, 9.17) is 4.74 Å². The maximum atomic E-state index is 13.2. The number of carbonyl (C=O) groups is 2. The minimum Gasteiger partial charge on any atom is -0.503 e. The molecule has 0 radical (unpaired) electrons. The van der Waals surface area contributed by atoms with Crippen LogP contribution in [0.5, 0.6) is 0 Å². The van der Waals surface area contributed by atoms with Gasteiger partial charge in [-0.25, -0.2) is 0 Å². The minimum absolute atomic E-state index is 0.0691. The summed E-state index contributed by atoms with van der Waals surface area (Å²) >= 11 is 1.31. The van der Waals surface area contributed by atoms with E-state index in [1.165, 1.54) is 16.9 Å². The average Bonchev–Trinajstić information content (AvgIpc) is 3.46. The van der Waals surface area contributed by atoms with Crippen LogP contribution in [0.1, 0.15) is 59.4 Å². The molecule has 1 fully saturated rings. The molecule has 4 rings (SSSR count). The SMILES string of the molecule is CC(C)c1ccc(C2C(C(=O)c3cccs3)=C(O)C(=O)N2CC2CCCO2)cc1. The van der Waals surface area contributed by atoms with Crippen molar-refractivity contribution in [2.45, 2.75) is 44.8 Å². The molecule has 0 bridgehead atoms. The molecule has 2 unspecified atom stereocenters. The standard InChI is InChI=1S/C23H25NO4S/c1-14(2)15-7-9-16(10-8-15)20-19(21(25)18-6-4-12-29-18)22(26)23(27)24(20)13-17-5-3-11-28-17/h4,6-10,12,14,17,20,26H,3,5,11,13H2,1-2H3. The summed E-state index contributed by atoms with van der Waals surface area (Å²) in [6, 6.07) is 10.9. The molecular formula is C23H25NO4S. The summed E-state index contributed by atoms with van der Waals surface area (Å²) in [4.78, 5) is 28.2. The number of nitrogens with zero attached hydrogens (tertiary/aromatic N) is 1. The van der Waals surface area contributed by atoms with Gasteiger partial charge < -0.3 is 14.7 Å². The number of ether oxygens (including phenoxy) is 1. The Labute approximate surface area is 174 Å². The Morgan fingerprint density at radius 1 is 1.28 bits per heavy atom. The largest absolute Gasteiger partial charge is 0.503 e. The van der Waals surface area contributed by atoms with Crippen molar-refractivity contribution in [2.75, 3.05) is 13.2 Å². The number of rotatable bonds is 6. The zero-order valence-electron chi connectivity index (χ0n) is 16.6. The van der Waals surface area contributed by atoms with Crippen LogP contribution in [-0.2, 0) is 9.53 Å². The average molecular weight is 412 g/mol. The van der Waals surface area contributed by atoms with E-state index < -0.39 is 17.7 Å². The molecule has 2 atom stereocenters. The van der Waals surface area contributed by atoms with E-state index in [2.05, 4.69) is 13.8 Å². The van der Waals surface area contributed by atoms with Crippen molar-refractivity contribution in [3.63, 3.8) is 0 Å². The zero-order valence-corrected chi connectivity index (χ0v) is 17.4. The van der Waals surface area contributed by atoms with Crippen LogP contribution < -0.4 is 0 Å². The molecule has 6 heteroatoms. The molecule has 0 spiro atoms. The smallest absolute Gasteiger partial charge is 0.290 e. The van der Waals surface area contributed by atoms with Crippen LogP contribution in [0, 0.1) is 0 Å². The molecule has 29 heavy (non-hydrogen) atoms.